The summed E-state index contributed by atoms with van der Waals surface area (Å²) in [6, 6.07) is 7.33. The summed E-state index contributed by atoms with van der Waals surface area (Å²) in [5.74, 6) is 0.219. The van der Waals surface area contributed by atoms with Crippen LogP contribution in [0.3, 0.4) is 0 Å². The third kappa shape index (κ3) is 4.30. The molecule has 3 rings (SSSR count). The molecule has 2 heterocycles. The van der Waals surface area contributed by atoms with Gasteiger partial charge in [0.2, 0.25) is 5.91 Å². The van der Waals surface area contributed by atoms with Crippen molar-refractivity contribution in [3.8, 4) is 6.07 Å². The van der Waals surface area contributed by atoms with Crippen LogP contribution < -0.4 is 4.90 Å². The minimum absolute atomic E-state index is 0.0102. The fraction of sp³-hybridized carbons (Fsp3) is 0.571. The second-order valence-corrected chi connectivity index (χ2v) is 7.66. The van der Waals surface area contributed by atoms with Crippen molar-refractivity contribution >= 4 is 17.4 Å². The van der Waals surface area contributed by atoms with E-state index < -0.39 is 0 Å². The molecular formula is C21H27N3O3. The Balaban J connectivity index is 1.68. The molecule has 6 nitrogen and oxygen atoms in total. The number of nitriles is 1. The van der Waals surface area contributed by atoms with Gasteiger partial charge in [0, 0.05) is 43.3 Å². The Kier molecular flexibility index (Phi) is 5.81. The lowest BCUT2D eigenvalue weighted by atomic mass is 9.93. The summed E-state index contributed by atoms with van der Waals surface area (Å²) >= 11 is 0. The van der Waals surface area contributed by atoms with Crippen LogP contribution in [-0.2, 0) is 9.53 Å². The summed E-state index contributed by atoms with van der Waals surface area (Å²) in [5.41, 5.74) is 1.99. The molecule has 0 saturated carbocycles. The zero-order valence-electron chi connectivity index (χ0n) is 16.3. The molecular weight excluding hydrogens is 342 g/mol. The molecule has 2 aliphatic rings. The molecule has 1 aromatic rings. The minimum Gasteiger partial charge on any atom is -0.372 e. The molecule has 0 radical (unpaired) electrons. The summed E-state index contributed by atoms with van der Waals surface area (Å²) in [5, 5.41) is 9.18. The number of rotatable bonds is 3. The summed E-state index contributed by atoms with van der Waals surface area (Å²) in [7, 11) is 0. The van der Waals surface area contributed by atoms with E-state index >= 15 is 0 Å². The molecule has 2 atom stereocenters. The first-order chi connectivity index (χ1) is 12.9. The number of Topliss-reactive ketones (excluding diaryl/α,β-unsaturated/α-hetero) is 1. The van der Waals surface area contributed by atoms with Crippen LogP contribution in [0.15, 0.2) is 18.2 Å². The largest absolute Gasteiger partial charge is 0.372 e. The highest BCUT2D eigenvalue weighted by Gasteiger charge is 2.33. The number of benzene rings is 1. The summed E-state index contributed by atoms with van der Waals surface area (Å²) in [6.45, 7) is 8.28. The van der Waals surface area contributed by atoms with Gasteiger partial charge in [-0.15, -0.1) is 0 Å². The number of morpholine rings is 1. The number of nitrogens with zero attached hydrogens (tertiary/aromatic N) is 3. The van der Waals surface area contributed by atoms with Gasteiger partial charge in [-0.2, -0.15) is 5.26 Å². The Morgan fingerprint density at radius 2 is 1.78 bits per heavy atom. The van der Waals surface area contributed by atoms with Crippen LogP contribution >= 0.6 is 0 Å². The Bertz CT molecular complexity index is 752. The third-order valence-corrected chi connectivity index (χ3v) is 5.42. The number of piperidine rings is 1. The number of anilines is 1. The molecule has 27 heavy (non-hydrogen) atoms. The lowest BCUT2D eigenvalue weighted by Gasteiger charge is -2.40. The lowest BCUT2D eigenvalue weighted by Crippen LogP contribution is -2.51. The van der Waals surface area contributed by atoms with Crippen molar-refractivity contribution in [3.05, 3.63) is 29.3 Å². The van der Waals surface area contributed by atoms with Crippen molar-refractivity contribution in [2.45, 2.75) is 45.8 Å². The number of hydrogen-bond acceptors (Lipinski definition) is 5. The smallest absolute Gasteiger partial charge is 0.225 e. The van der Waals surface area contributed by atoms with E-state index in [0.717, 1.165) is 18.5 Å². The van der Waals surface area contributed by atoms with E-state index in [4.69, 9.17) is 4.74 Å². The van der Waals surface area contributed by atoms with Crippen molar-refractivity contribution in [1.29, 1.82) is 5.26 Å². The number of ether oxygens (including phenoxy) is 1. The van der Waals surface area contributed by atoms with Gasteiger partial charge >= 0.3 is 0 Å². The normalized spacial score (nSPS) is 23.8. The number of carbonyl (C=O) groups excluding carboxylic acids is 2. The highest BCUT2D eigenvalue weighted by Crippen LogP contribution is 2.29. The molecule has 2 aliphatic heterocycles. The van der Waals surface area contributed by atoms with Crippen molar-refractivity contribution in [2.24, 2.45) is 5.92 Å². The van der Waals surface area contributed by atoms with Crippen LogP contribution in [0.5, 0.6) is 0 Å². The predicted molar refractivity (Wildman–Crippen MR) is 103 cm³/mol. The van der Waals surface area contributed by atoms with Crippen LogP contribution in [0.4, 0.5) is 5.69 Å². The number of ketones is 1. The fourth-order valence-electron chi connectivity index (χ4n) is 4.14. The predicted octanol–water partition coefficient (Wildman–Crippen LogP) is 2.61. The van der Waals surface area contributed by atoms with E-state index in [2.05, 4.69) is 11.0 Å². The van der Waals surface area contributed by atoms with Gasteiger partial charge < -0.3 is 14.5 Å². The SMILES string of the molecule is CC(=O)c1ccc(C#N)cc1N1CCC(C(=O)N2CC(C)OC(C)C2)CC1. The molecule has 2 saturated heterocycles. The number of hydrogen-bond donors (Lipinski definition) is 0. The van der Waals surface area contributed by atoms with E-state index in [1.165, 1.54) is 0 Å². The number of amides is 1. The highest BCUT2D eigenvalue weighted by atomic mass is 16.5. The molecule has 1 amide bonds. The molecule has 0 aromatic heterocycles. The molecule has 2 fully saturated rings. The standard InChI is InChI=1S/C21H27N3O3/c1-14-12-24(13-15(2)27-14)21(26)18-6-8-23(9-7-18)20-10-17(11-22)4-5-19(20)16(3)25/h4-5,10,14-15,18H,6-9,12-13H2,1-3H3. The molecule has 0 bridgehead atoms. The number of carbonyl (C=O) groups is 2. The zero-order valence-corrected chi connectivity index (χ0v) is 16.3. The second kappa shape index (κ2) is 8.10. The van der Waals surface area contributed by atoms with Gasteiger partial charge in [-0.25, -0.2) is 0 Å². The summed E-state index contributed by atoms with van der Waals surface area (Å²) < 4.78 is 5.73. The Hall–Kier alpha value is -2.39. The van der Waals surface area contributed by atoms with Gasteiger partial charge in [-0.1, -0.05) is 0 Å². The Labute approximate surface area is 160 Å². The van der Waals surface area contributed by atoms with Crippen molar-refractivity contribution in [1.82, 2.24) is 4.90 Å². The van der Waals surface area contributed by atoms with Gasteiger partial charge in [0.25, 0.3) is 0 Å². The topological polar surface area (TPSA) is 73.6 Å². The van der Waals surface area contributed by atoms with Crippen molar-refractivity contribution in [2.75, 3.05) is 31.1 Å². The fourth-order valence-corrected chi connectivity index (χ4v) is 4.14. The second-order valence-electron chi connectivity index (χ2n) is 7.66. The minimum atomic E-state index is -0.0102. The zero-order chi connectivity index (χ0) is 19.6. The van der Waals surface area contributed by atoms with Gasteiger partial charge in [0.15, 0.2) is 5.78 Å². The molecule has 2 unspecified atom stereocenters. The highest BCUT2D eigenvalue weighted by molar-refractivity contribution is 6.00. The third-order valence-electron chi connectivity index (χ3n) is 5.42. The lowest BCUT2D eigenvalue weighted by molar-refractivity contribution is -0.148. The molecule has 144 valence electrons. The van der Waals surface area contributed by atoms with Crippen molar-refractivity contribution in [3.63, 3.8) is 0 Å². The molecule has 0 N–H and O–H groups in total. The van der Waals surface area contributed by atoms with Gasteiger partial charge in [-0.05, 0) is 51.8 Å². The molecule has 1 aromatic carbocycles. The first kappa shape index (κ1) is 19.4. The maximum atomic E-state index is 12.9. The van der Waals surface area contributed by atoms with Crippen molar-refractivity contribution < 1.29 is 14.3 Å². The molecule has 0 spiro atoms. The van der Waals surface area contributed by atoms with E-state index in [0.29, 0.717) is 37.3 Å². The maximum absolute atomic E-state index is 12.9. The molecule has 0 aliphatic carbocycles. The van der Waals surface area contributed by atoms with Gasteiger partial charge in [0.05, 0.1) is 23.8 Å². The van der Waals surface area contributed by atoms with E-state index in [9.17, 15) is 14.9 Å². The first-order valence-electron chi connectivity index (χ1n) is 9.63. The Morgan fingerprint density at radius 1 is 1.15 bits per heavy atom. The maximum Gasteiger partial charge on any atom is 0.225 e. The van der Waals surface area contributed by atoms with E-state index in [1.54, 1.807) is 25.1 Å². The Morgan fingerprint density at radius 3 is 2.33 bits per heavy atom. The first-order valence-corrected chi connectivity index (χ1v) is 9.63. The van der Waals surface area contributed by atoms with Gasteiger partial charge in [0.1, 0.15) is 0 Å². The summed E-state index contributed by atoms with van der Waals surface area (Å²) in [4.78, 5) is 29.0. The molecule has 6 heteroatoms. The van der Waals surface area contributed by atoms with E-state index in [1.807, 2.05) is 18.7 Å². The quantitative estimate of drug-likeness (QED) is 0.766. The van der Waals surface area contributed by atoms with Crippen LogP contribution in [0.2, 0.25) is 0 Å². The van der Waals surface area contributed by atoms with Crippen LogP contribution in [-0.4, -0.2) is 55.0 Å². The summed E-state index contributed by atoms with van der Waals surface area (Å²) in [6.07, 6.45) is 1.66. The van der Waals surface area contributed by atoms with E-state index in [-0.39, 0.29) is 29.8 Å². The average molecular weight is 369 g/mol. The van der Waals surface area contributed by atoms with Crippen LogP contribution in [0.25, 0.3) is 0 Å². The van der Waals surface area contributed by atoms with Crippen LogP contribution in [0.1, 0.15) is 49.5 Å². The average Bonchev–Trinajstić information content (AvgIpc) is 2.66. The van der Waals surface area contributed by atoms with Gasteiger partial charge in [-0.3, -0.25) is 9.59 Å². The monoisotopic (exact) mass is 369 g/mol. The van der Waals surface area contributed by atoms with Crippen LogP contribution in [0, 0.1) is 17.2 Å².